The van der Waals surface area contributed by atoms with Gasteiger partial charge in [-0.2, -0.15) is 0 Å². The van der Waals surface area contributed by atoms with Crippen molar-refractivity contribution >= 4 is 18.2 Å². The molecule has 0 bridgehead atoms. The van der Waals surface area contributed by atoms with E-state index in [0.29, 0.717) is 13.2 Å². The summed E-state index contributed by atoms with van der Waals surface area (Å²) in [5, 5.41) is 7.60. The predicted molar refractivity (Wildman–Crippen MR) is 76.1 cm³/mol. The highest BCUT2D eigenvalue weighted by molar-refractivity contribution is 5.78. The Morgan fingerprint density at radius 3 is 1.25 bits per heavy atom. The number of amides is 2. The molecule has 0 aliphatic carbocycles. The maximum absolute atomic E-state index is 9.60. The van der Waals surface area contributed by atoms with Crippen LogP contribution in [0.25, 0.3) is 0 Å². The second-order valence-corrected chi connectivity index (χ2v) is 2.45. The van der Waals surface area contributed by atoms with Gasteiger partial charge in [0.05, 0.1) is 13.2 Å². The molecule has 0 aromatic carbocycles. The number of ether oxygens (including phenoxy) is 2. The van der Waals surface area contributed by atoms with Crippen LogP contribution in [0.4, 0.5) is 9.59 Å². The lowest BCUT2D eigenvalue weighted by Crippen LogP contribution is -2.11. The monoisotopic (exact) mass is 292 g/mol. The summed E-state index contributed by atoms with van der Waals surface area (Å²) < 4.78 is 8.36. The summed E-state index contributed by atoms with van der Waals surface area (Å²) in [6.45, 7) is 12.3. The van der Waals surface area contributed by atoms with Crippen LogP contribution in [0.3, 0.4) is 0 Å². The molecule has 0 aliphatic heterocycles. The fourth-order valence-corrected chi connectivity index (χ4v) is 0.285. The predicted octanol–water partition coefficient (Wildman–Crippen LogP) is 1.65. The van der Waals surface area contributed by atoms with E-state index in [-0.39, 0.29) is 0 Å². The van der Waals surface area contributed by atoms with Gasteiger partial charge >= 0.3 is 18.2 Å². The highest BCUT2D eigenvalue weighted by atomic mass is 16.5. The van der Waals surface area contributed by atoms with Gasteiger partial charge in [0, 0.05) is 6.08 Å². The largest absolute Gasteiger partial charge is 0.478 e. The molecular formula is C12H24N2O6. The molecule has 0 saturated heterocycles. The van der Waals surface area contributed by atoms with Crippen molar-refractivity contribution in [2.75, 3.05) is 13.2 Å². The highest BCUT2D eigenvalue weighted by Gasteiger charge is 1.82. The first kappa shape index (κ1) is 26.1. The van der Waals surface area contributed by atoms with E-state index in [1.807, 2.05) is 6.92 Å². The zero-order valence-electron chi connectivity index (χ0n) is 12.1. The smallest absolute Gasteiger partial charge is 0.404 e. The Hall–Kier alpha value is -2.51. The second kappa shape index (κ2) is 25.4. The van der Waals surface area contributed by atoms with Crippen LogP contribution in [0.15, 0.2) is 25.3 Å². The third kappa shape index (κ3) is 108. The zero-order chi connectivity index (χ0) is 17.0. The number of carboxylic acids is 1. The molecular weight excluding hydrogens is 268 g/mol. The van der Waals surface area contributed by atoms with Crippen molar-refractivity contribution in [2.24, 2.45) is 11.5 Å². The molecule has 5 N–H and O–H groups in total. The van der Waals surface area contributed by atoms with Crippen molar-refractivity contribution in [1.29, 1.82) is 0 Å². The van der Waals surface area contributed by atoms with Crippen LogP contribution in [0.5, 0.6) is 0 Å². The fraction of sp³-hybridized carbons (Fsp3) is 0.417. The Morgan fingerprint density at radius 1 is 1.05 bits per heavy atom. The first-order valence-electron chi connectivity index (χ1n) is 5.50. The van der Waals surface area contributed by atoms with Crippen molar-refractivity contribution in [3.8, 4) is 0 Å². The van der Waals surface area contributed by atoms with Crippen LogP contribution in [-0.4, -0.2) is 36.5 Å². The average molecular weight is 292 g/mol. The second-order valence-electron chi connectivity index (χ2n) is 2.45. The molecule has 0 heterocycles. The molecule has 0 unspecified atom stereocenters. The van der Waals surface area contributed by atoms with Gasteiger partial charge in [0.15, 0.2) is 0 Å². The van der Waals surface area contributed by atoms with Gasteiger partial charge in [0.1, 0.15) is 0 Å². The number of hydrogen-bond acceptors (Lipinski definition) is 5. The summed E-state index contributed by atoms with van der Waals surface area (Å²) >= 11 is 0. The van der Waals surface area contributed by atoms with Gasteiger partial charge in [-0.25, -0.2) is 14.4 Å². The number of carboxylic acid groups (broad SMARTS) is 1. The standard InChI is InChI=1S/2C3H7NO2.C3H4O2.C3H6/c2*1-2-6-3(4)5;1-2-3(4)5;1-3-2/h2*2H2,1H3,(H2,4,5);2H,1H2,(H,4,5);3H,1H2,2H3. The summed E-state index contributed by atoms with van der Waals surface area (Å²) in [7, 11) is 0. The SMILES string of the molecule is C=CC.C=CC(=O)O.CCOC(N)=O.CCOC(N)=O. The van der Waals surface area contributed by atoms with E-state index in [9.17, 15) is 14.4 Å². The molecule has 8 nitrogen and oxygen atoms in total. The Kier molecular flexibility index (Phi) is 33.1. The van der Waals surface area contributed by atoms with Crippen molar-refractivity contribution in [3.63, 3.8) is 0 Å². The van der Waals surface area contributed by atoms with Crippen molar-refractivity contribution in [1.82, 2.24) is 0 Å². The molecule has 0 atom stereocenters. The minimum atomic E-state index is -0.981. The lowest BCUT2D eigenvalue weighted by atomic mass is 10.7. The first-order valence-corrected chi connectivity index (χ1v) is 5.50. The maximum atomic E-state index is 9.60. The van der Waals surface area contributed by atoms with Crippen molar-refractivity contribution < 1.29 is 29.0 Å². The topological polar surface area (TPSA) is 142 Å². The van der Waals surface area contributed by atoms with Crippen molar-refractivity contribution in [2.45, 2.75) is 20.8 Å². The van der Waals surface area contributed by atoms with E-state index in [0.717, 1.165) is 6.08 Å². The lowest BCUT2D eigenvalue weighted by Gasteiger charge is -1.89. The Bertz CT molecular complexity index is 263. The lowest BCUT2D eigenvalue weighted by molar-refractivity contribution is -0.131. The van der Waals surface area contributed by atoms with E-state index >= 15 is 0 Å². The minimum absolute atomic E-state index is 0.356. The Balaban J connectivity index is -0.0000000879. The van der Waals surface area contributed by atoms with Gasteiger partial charge in [0.25, 0.3) is 0 Å². The molecule has 118 valence electrons. The third-order valence-electron chi connectivity index (χ3n) is 0.748. The minimum Gasteiger partial charge on any atom is -0.478 e. The van der Waals surface area contributed by atoms with Crippen LogP contribution in [0.1, 0.15) is 20.8 Å². The van der Waals surface area contributed by atoms with Crippen LogP contribution >= 0.6 is 0 Å². The van der Waals surface area contributed by atoms with Gasteiger partial charge in [-0.3, -0.25) is 0 Å². The first-order chi connectivity index (χ1) is 9.22. The summed E-state index contributed by atoms with van der Waals surface area (Å²) in [6, 6.07) is 0. The molecule has 20 heavy (non-hydrogen) atoms. The van der Waals surface area contributed by atoms with E-state index in [4.69, 9.17) is 5.11 Å². The number of carbonyl (C=O) groups excluding carboxylic acids is 2. The molecule has 0 aromatic rings. The number of primary amides is 2. The van der Waals surface area contributed by atoms with Crippen LogP contribution < -0.4 is 11.5 Å². The maximum Gasteiger partial charge on any atom is 0.404 e. The van der Waals surface area contributed by atoms with Gasteiger partial charge in [-0.1, -0.05) is 12.7 Å². The van der Waals surface area contributed by atoms with E-state index in [1.165, 1.54) is 0 Å². The summed E-state index contributed by atoms with van der Waals surface area (Å²) in [6.07, 6.45) is 1.16. The Morgan fingerprint density at radius 2 is 1.25 bits per heavy atom. The average Bonchev–Trinajstić information content (AvgIpc) is 2.31. The molecule has 2 amide bonds. The molecule has 0 rings (SSSR count). The normalized spacial score (nSPS) is 6.75. The summed E-state index contributed by atoms with van der Waals surface area (Å²) in [5.41, 5.74) is 9.08. The van der Waals surface area contributed by atoms with Crippen LogP contribution in [-0.2, 0) is 14.3 Å². The van der Waals surface area contributed by atoms with Gasteiger partial charge in [-0.15, -0.1) is 6.58 Å². The van der Waals surface area contributed by atoms with E-state index in [2.05, 4.69) is 34.1 Å². The molecule has 0 radical (unpaired) electrons. The van der Waals surface area contributed by atoms with Crippen LogP contribution in [0, 0.1) is 0 Å². The molecule has 0 aliphatic rings. The van der Waals surface area contributed by atoms with Crippen molar-refractivity contribution in [3.05, 3.63) is 25.3 Å². The molecule has 0 saturated carbocycles. The quantitative estimate of drug-likeness (QED) is 0.533. The number of hydrogen-bond donors (Lipinski definition) is 3. The third-order valence-corrected chi connectivity index (χ3v) is 0.748. The van der Waals surface area contributed by atoms with Gasteiger partial charge in [0.2, 0.25) is 0 Å². The number of aliphatic carboxylic acids is 1. The van der Waals surface area contributed by atoms with E-state index in [1.54, 1.807) is 19.9 Å². The number of rotatable bonds is 3. The summed E-state index contributed by atoms with van der Waals surface area (Å²) in [5.74, 6) is -0.981. The van der Waals surface area contributed by atoms with Gasteiger partial charge < -0.3 is 26.0 Å². The number of carbonyl (C=O) groups is 3. The molecule has 0 fully saturated rings. The fourth-order valence-electron chi connectivity index (χ4n) is 0.285. The summed E-state index contributed by atoms with van der Waals surface area (Å²) in [4.78, 5) is 28.4. The molecule has 0 spiro atoms. The zero-order valence-corrected chi connectivity index (χ0v) is 12.1. The van der Waals surface area contributed by atoms with Crippen LogP contribution in [0.2, 0.25) is 0 Å². The molecule has 0 aromatic heterocycles. The number of nitrogens with two attached hydrogens (primary N) is 2. The van der Waals surface area contributed by atoms with Gasteiger partial charge in [-0.05, 0) is 20.8 Å². The molecule has 8 heteroatoms. The highest BCUT2D eigenvalue weighted by Crippen LogP contribution is 1.66. The van der Waals surface area contributed by atoms with E-state index < -0.39 is 18.2 Å². The Labute approximate surface area is 119 Å². The number of allylic oxidation sites excluding steroid dienone is 1.